The largest absolute Gasteiger partial charge is 0.464 e. The van der Waals surface area contributed by atoms with E-state index in [1.807, 2.05) is 41.8 Å². The number of piperidine rings is 1. The number of rotatable bonds is 5. The number of benzene rings is 1. The van der Waals surface area contributed by atoms with Crippen LogP contribution >= 0.6 is 0 Å². The topological polar surface area (TPSA) is 47.0 Å². The van der Waals surface area contributed by atoms with Crippen LogP contribution in [0.1, 0.15) is 25.3 Å². The van der Waals surface area contributed by atoms with E-state index in [1.54, 1.807) is 6.20 Å². The number of nitrogens with zero attached hydrogens (tertiary/aromatic N) is 5. The van der Waals surface area contributed by atoms with Gasteiger partial charge in [0.05, 0.1) is 18.9 Å². The molecule has 144 valence electrons. The first-order valence-electron chi connectivity index (χ1n) is 9.86. The summed E-state index contributed by atoms with van der Waals surface area (Å²) in [6.07, 6.45) is 6.10. The molecule has 1 saturated heterocycles. The molecule has 1 fully saturated rings. The maximum absolute atomic E-state index is 7.14. The molecular formula is C22H25N5O. The van der Waals surface area contributed by atoms with E-state index in [4.69, 9.17) is 16.3 Å². The molecule has 0 amide bonds. The molecule has 4 rings (SSSR count). The Morgan fingerprint density at radius 1 is 1.29 bits per heavy atom. The summed E-state index contributed by atoms with van der Waals surface area (Å²) in [5.74, 6) is 0.525. The lowest BCUT2D eigenvalue weighted by molar-refractivity contribution is 0.129. The summed E-state index contributed by atoms with van der Waals surface area (Å²) in [5, 5.41) is 0. The zero-order chi connectivity index (χ0) is 19.5. The van der Waals surface area contributed by atoms with Gasteiger partial charge in [0.15, 0.2) is 5.69 Å². The van der Waals surface area contributed by atoms with Gasteiger partial charge in [0, 0.05) is 30.4 Å². The van der Waals surface area contributed by atoms with E-state index in [0.29, 0.717) is 24.2 Å². The molecular weight excluding hydrogens is 350 g/mol. The molecule has 6 nitrogen and oxygen atoms in total. The first-order valence-corrected chi connectivity index (χ1v) is 9.86. The predicted octanol–water partition coefficient (Wildman–Crippen LogP) is 4.37. The Morgan fingerprint density at radius 3 is 2.86 bits per heavy atom. The molecule has 3 aromatic rings. The smallest absolute Gasteiger partial charge is 0.302 e. The zero-order valence-corrected chi connectivity index (χ0v) is 16.4. The highest BCUT2D eigenvalue weighted by molar-refractivity contribution is 5.71. The van der Waals surface area contributed by atoms with Gasteiger partial charge in [-0.3, -0.25) is 4.40 Å². The van der Waals surface area contributed by atoms with Crippen molar-refractivity contribution in [1.82, 2.24) is 19.3 Å². The standard InChI is InChI=1S/C22H25N5O/c1-4-26-12-5-6-17(14-26)15-28-22-25-20(16(2)21-24-11-13-27(21)22)18-7-9-19(23-3)10-8-18/h7-11,13,17H,4-6,12,14-15H2,1-2H3. The third kappa shape index (κ3) is 3.58. The predicted molar refractivity (Wildman–Crippen MR) is 110 cm³/mol. The van der Waals surface area contributed by atoms with Gasteiger partial charge in [-0.2, -0.15) is 4.98 Å². The highest BCUT2D eigenvalue weighted by Gasteiger charge is 2.21. The van der Waals surface area contributed by atoms with Crippen molar-refractivity contribution in [1.29, 1.82) is 0 Å². The van der Waals surface area contributed by atoms with Crippen molar-refractivity contribution >= 4 is 11.3 Å². The number of aryl methyl sites for hydroxylation is 1. The first kappa shape index (κ1) is 18.5. The van der Waals surface area contributed by atoms with Gasteiger partial charge in [-0.05, 0) is 38.4 Å². The van der Waals surface area contributed by atoms with E-state index in [2.05, 4.69) is 21.7 Å². The molecule has 0 aliphatic carbocycles. The van der Waals surface area contributed by atoms with Gasteiger partial charge in [-0.1, -0.05) is 31.2 Å². The molecule has 1 aliphatic heterocycles. The fourth-order valence-electron chi connectivity index (χ4n) is 3.92. The van der Waals surface area contributed by atoms with Gasteiger partial charge < -0.3 is 9.64 Å². The van der Waals surface area contributed by atoms with Gasteiger partial charge >= 0.3 is 6.01 Å². The van der Waals surface area contributed by atoms with E-state index < -0.39 is 0 Å². The fraction of sp³-hybridized carbons (Fsp3) is 0.409. The number of imidazole rings is 1. The second-order valence-corrected chi connectivity index (χ2v) is 7.36. The summed E-state index contributed by atoms with van der Waals surface area (Å²) < 4.78 is 8.13. The van der Waals surface area contributed by atoms with E-state index in [9.17, 15) is 0 Å². The summed E-state index contributed by atoms with van der Waals surface area (Å²) in [6, 6.07) is 8.09. The van der Waals surface area contributed by atoms with Crippen LogP contribution in [0.3, 0.4) is 0 Å². The van der Waals surface area contributed by atoms with Crippen LogP contribution in [-0.2, 0) is 0 Å². The second-order valence-electron chi connectivity index (χ2n) is 7.36. The highest BCUT2D eigenvalue weighted by Crippen LogP contribution is 2.29. The van der Waals surface area contributed by atoms with E-state index in [1.165, 1.54) is 19.4 Å². The molecule has 1 aromatic carbocycles. The van der Waals surface area contributed by atoms with E-state index in [0.717, 1.165) is 35.6 Å². The lowest BCUT2D eigenvalue weighted by Gasteiger charge is -2.31. The molecule has 0 bridgehead atoms. The summed E-state index contributed by atoms with van der Waals surface area (Å²) in [7, 11) is 0. The van der Waals surface area contributed by atoms with Gasteiger partial charge in [0.1, 0.15) is 5.65 Å². The Morgan fingerprint density at radius 2 is 2.11 bits per heavy atom. The van der Waals surface area contributed by atoms with Crippen LogP contribution in [0.15, 0.2) is 36.7 Å². The number of likely N-dealkylation sites (tertiary alicyclic amines) is 1. The van der Waals surface area contributed by atoms with Gasteiger partial charge in [-0.25, -0.2) is 9.83 Å². The Hall–Kier alpha value is -2.91. The number of hydrogen-bond acceptors (Lipinski definition) is 4. The monoisotopic (exact) mass is 375 g/mol. The van der Waals surface area contributed by atoms with Crippen LogP contribution in [0.5, 0.6) is 6.01 Å². The normalized spacial score (nSPS) is 17.5. The molecule has 1 aliphatic rings. The molecule has 0 N–H and O–H groups in total. The van der Waals surface area contributed by atoms with Gasteiger partial charge in [0.2, 0.25) is 0 Å². The molecule has 0 radical (unpaired) electrons. The molecule has 0 spiro atoms. The quantitative estimate of drug-likeness (QED) is 0.622. The lowest BCUT2D eigenvalue weighted by atomic mass is 9.99. The van der Waals surface area contributed by atoms with Crippen molar-refractivity contribution in [2.24, 2.45) is 5.92 Å². The Balaban J connectivity index is 1.63. The first-order chi connectivity index (χ1) is 13.7. The van der Waals surface area contributed by atoms with Crippen LogP contribution in [-0.4, -0.2) is 45.5 Å². The maximum atomic E-state index is 7.14. The number of ether oxygens (including phenoxy) is 1. The Bertz CT molecular complexity index is 1000. The van der Waals surface area contributed by atoms with Crippen molar-refractivity contribution in [2.45, 2.75) is 26.7 Å². The summed E-state index contributed by atoms with van der Waals surface area (Å²) in [5.41, 5.74) is 4.30. The average Bonchev–Trinajstić information content (AvgIpc) is 3.24. The van der Waals surface area contributed by atoms with E-state index >= 15 is 0 Å². The van der Waals surface area contributed by atoms with E-state index in [-0.39, 0.29) is 0 Å². The van der Waals surface area contributed by atoms with Crippen molar-refractivity contribution < 1.29 is 4.74 Å². The Kier molecular flexibility index (Phi) is 5.27. The van der Waals surface area contributed by atoms with Crippen molar-refractivity contribution in [3.63, 3.8) is 0 Å². The average molecular weight is 375 g/mol. The van der Waals surface area contributed by atoms with Crippen LogP contribution in [0.25, 0.3) is 21.7 Å². The molecule has 3 heterocycles. The van der Waals surface area contributed by atoms with Crippen LogP contribution < -0.4 is 4.74 Å². The SMILES string of the molecule is [C-]#[N+]c1ccc(-c2nc(OCC3CCCN(CC)C3)n3ccnc3c2C)cc1. The van der Waals surface area contributed by atoms with Crippen LogP contribution in [0, 0.1) is 19.4 Å². The number of hydrogen-bond donors (Lipinski definition) is 0. The number of fused-ring (bicyclic) bond motifs is 1. The summed E-state index contributed by atoms with van der Waals surface area (Å²) in [4.78, 5) is 15.3. The van der Waals surface area contributed by atoms with Crippen LogP contribution in [0.2, 0.25) is 0 Å². The Labute approximate surface area is 165 Å². The third-order valence-corrected chi connectivity index (χ3v) is 5.51. The fourth-order valence-corrected chi connectivity index (χ4v) is 3.92. The molecule has 1 unspecified atom stereocenters. The summed E-state index contributed by atoms with van der Waals surface area (Å²) in [6.45, 7) is 15.4. The molecule has 28 heavy (non-hydrogen) atoms. The van der Waals surface area contributed by atoms with Crippen molar-refractivity contribution in [3.05, 3.63) is 53.6 Å². The third-order valence-electron chi connectivity index (χ3n) is 5.51. The minimum atomic E-state index is 0.525. The lowest BCUT2D eigenvalue weighted by Crippen LogP contribution is -2.37. The van der Waals surface area contributed by atoms with Crippen molar-refractivity contribution in [2.75, 3.05) is 26.2 Å². The van der Waals surface area contributed by atoms with Crippen LogP contribution in [0.4, 0.5) is 5.69 Å². The minimum absolute atomic E-state index is 0.525. The molecule has 1 atom stereocenters. The molecule has 0 saturated carbocycles. The maximum Gasteiger partial charge on any atom is 0.302 e. The second kappa shape index (κ2) is 7.99. The highest BCUT2D eigenvalue weighted by atomic mass is 16.5. The number of aromatic nitrogens is 3. The van der Waals surface area contributed by atoms with Crippen molar-refractivity contribution in [3.8, 4) is 17.3 Å². The zero-order valence-electron chi connectivity index (χ0n) is 16.4. The molecule has 6 heteroatoms. The molecule has 2 aromatic heterocycles. The minimum Gasteiger partial charge on any atom is -0.464 e. The summed E-state index contributed by atoms with van der Waals surface area (Å²) >= 11 is 0. The van der Waals surface area contributed by atoms with Gasteiger partial charge in [-0.15, -0.1) is 0 Å². The van der Waals surface area contributed by atoms with Gasteiger partial charge in [0.25, 0.3) is 0 Å².